The second kappa shape index (κ2) is 14.1. The van der Waals surface area contributed by atoms with Crippen LogP contribution in [0.25, 0.3) is 0 Å². The average molecular weight is 479 g/mol. The smallest absolute Gasteiger partial charge is 0.319 e. The molecule has 4 N–H and O–H groups in total. The molecule has 0 heterocycles. The zero-order chi connectivity index (χ0) is 17.8. The predicted octanol–water partition coefficient (Wildman–Crippen LogP) is 3.25. The van der Waals surface area contributed by atoms with Crippen LogP contribution in [0.3, 0.4) is 0 Å². The molecular formula is C17H30IN5OS. The third-order valence-corrected chi connectivity index (χ3v) is 3.61. The first kappa shape index (κ1) is 23.8. The minimum atomic E-state index is -0.191. The molecule has 1 rings (SSSR count). The third kappa shape index (κ3) is 11.1. The van der Waals surface area contributed by atoms with Crippen LogP contribution in [0.5, 0.6) is 0 Å². The average Bonchev–Trinajstić information content (AvgIpc) is 2.53. The Bertz CT molecular complexity index is 522. The van der Waals surface area contributed by atoms with Gasteiger partial charge in [0.1, 0.15) is 0 Å². The molecule has 0 saturated carbocycles. The van der Waals surface area contributed by atoms with Crippen molar-refractivity contribution in [2.24, 2.45) is 4.99 Å². The minimum absolute atomic E-state index is 0. The first-order valence-corrected chi connectivity index (χ1v) is 9.62. The van der Waals surface area contributed by atoms with Gasteiger partial charge in [0.05, 0.1) is 6.54 Å². The lowest BCUT2D eigenvalue weighted by Crippen LogP contribution is -2.38. The standard InChI is InChI=1S/C17H29N5OS.HI/c1-5-18-16(19-10-11-24-4)20-12-14-6-8-15(9-7-14)22-17(23)21-13(2)3;/h6-9,13H,5,10-12H2,1-4H3,(H2,18,19,20)(H2,21,22,23);1H. The summed E-state index contributed by atoms with van der Waals surface area (Å²) in [5.74, 6) is 1.87. The van der Waals surface area contributed by atoms with Gasteiger partial charge in [-0.25, -0.2) is 9.79 Å². The number of carbonyl (C=O) groups excluding carboxylic acids is 1. The van der Waals surface area contributed by atoms with Gasteiger partial charge in [-0.05, 0) is 44.7 Å². The van der Waals surface area contributed by atoms with Crippen molar-refractivity contribution in [2.75, 3.05) is 30.4 Å². The Balaban J connectivity index is 0.00000576. The first-order valence-electron chi connectivity index (χ1n) is 8.22. The molecule has 8 heteroatoms. The van der Waals surface area contributed by atoms with Gasteiger partial charge >= 0.3 is 6.03 Å². The number of guanidine groups is 1. The van der Waals surface area contributed by atoms with Crippen molar-refractivity contribution in [3.8, 4) is 0 Å². The highest BCUT2D eigenvalue weighted by molar-refractivity contribution is 14.0. The molecule has 6 nitrogen and oxygen atoms in total. The number of halogens is 1. The Morgan fingerprint density at radius 3 is 2.44 bits per heavy atom. The number of nitrogens with zero attached hydrogens (tertiary/aromatic N) is 1. The van der Waals surface area contributed by atoms with Gasteiger partial charge in [0, 0.05) is 30.6 Å². The normalized spacial score (nSPS) is 10.8. The Morgan fingerprint density at radius 1 is 1.20 bits per heavy atom. The summed E-state index contributed by atoms with van der Waals surface area (Å²) in [6, 6.07) is 7.64. The van der Waals surface area contributed by atoms with Crippen LogP contribution in [0.4, 0.5) is 10.5 Å². The van der Waals surface area contributed by atoms with E-state index < -0.39 is 0 Å². The molecule has 0 atom stereocenters. The van der Waals surface area contributed by atoms with Crippen molar-refractivity contribution < 1.29 is 4.79 Å². The van der Waals surface area contributed by atoms with Crippen molar-refractivity contribution in [3.05, 3.63) is 29.8 Å². The van der Waals surface area contributed by atoms with E-state index in [0.29, 0.717) is 6.54 Å². The number of hydrogen-bond acceptors (Lipinski definition) is 3. The lowest BCUT2D eigenvalue weighted by atomic mass is 10.2. The van der Waals surface area contributed by atoms with Crippen molar-refractivity contribution >= 4 is 53.4 Å². The second-order valence-electron chi connectivity index (χ2n) is 5.56. The predicted molar refractivity (Wildman–Crippen MR) is 120 cm³/mol. The van der Waals surface area contributed by atoms with Gasteiger partial charge in [0.2, 0.25) is 0 Å². The number of urea groups is 1. The Labute approximate surface area is 172 Å². The lowest BCUT2D eigenvalue weighted by Gasteiger charge is -2.11. The Kier molecular flexibility index (Phi) is 13.4. The summed E-state index contributed by atoms with van der Waals surface area (Å²) in [7, 11) is 0. The molecular weight excluding hydrogens is 449 g/mol. The summed E-state index contributed by atoms with van der Waals surface area (Å²) in [4.78, 5) is 16.2. The van der Waals surface area contributed by atoms with Crippen molar-refractivity contribution in [1.82, 2.24) is 16.0 Å². The van der Waals surface area contributed by atoms with E-state index in [-0.39, 0.29) is 36.0 Å². The van der Waals surface area contributed by atoms with Crippen LogP contribution in [0, 0.1) is 0 Å². The summed E-state index contributed by atoms with van der Waals surface area (Å²) in [5.41, 5.74) is 1.86. The van der Waals surface area contributed by atoms with E-state index in [4.69, 9.17) is 0 Å². The van der Waals surface area contributed by atoms with E-state index in [9.17, 15) is 4.79 Å². The zero-order valence-electron chi connectivity index (χ0n) is 15.4. The largest absolute Gasteiger partial charge is 0.357 e. The van der Waals surface area contributed by atoms with E-state index in [0.717, 1.165) is 36.1 Å². The van der Waals surface area contributed by atoms with Crippen LogP contribution in [0.1, 0.15) is 26.3 Å². The fourth-order valence-electron chi connectivity index (χ4n) is 1.91. The number of benzene rings is 1. The van der Waals surface area contributed by atoms with Crippen molar-refractivity contribution in [3.63, 3.8) is 0 Å². The van der Waals surface area contributed by atoms with Crippen LogP contribution < -0.4 is 21.3 Å². The number of aliphatic imine (C=N–C) groups is 1. The van der Waals surface area contributed by atoms with E-state index in [1.807, 2.05) is 38.1 Å². The second-order valence-corrected chi connectivity index (χ2v) is 6.55. The highest BCUT2D eigenvalue weighted by Gasteiger charge is 2.03. The lowest BCUT2D eigenvalue weighted by molar-refractivity contribution is 0.250. The number of hydrogen-bond donors (Lipinski definition) is 4. The molecule has 0 fully saturated rings. The SMILES string of the molecule is CCNC(=NCc1ccc(NC(=O)NC(C)C)cc1)NCCSC.I. The van der Waals surface area contributed by atoms with Crippen LogP contribution in [-0.4, -0.2) is 43.1 Å². The Morgan fingerprint density at radius 2 is 1.88 bits per heavy atom. The summed E-state index contributed by atoms with van der Waals surface area (Å²) in [6.07, 6.45) is 2.09. The van der Waals surface area contributed by atoms with Crippen LogP contribution >= 0.6 is 35.7 Å². The maximum atomic E-state index is 11.7. The minimum Gasteiger partial charge on any atom is -0.357 e. The molecule has 25 heavy (non-hydrogen) atoms. The number of anilines is 1. The van der Waals surface area contributed by atoms with E-state index >= 15 is 0 Å². The highest BCUT2D eigenvalue weighted by Crippen LogP contribution is 2.10. The number of amides is 2. The number of rotatable bonds is 8. The molecule has 0 aliphatic carbocycles. The molecule has 0 bridgehead atoms. The maximum absolute atomic E-state index is 11.7. The van der Waals surface area contributed by atoms with Gasteiger partial charge < -0.3 is 21.3 Å². The number of carbonyl (C=O) groups is 1. The van der Waals surface area contributed by atoms with Crippen molar-refractivity contribution in [1.29, 1.82) is 0 Å². The maximum Gasteiger partial charge on any atom is 0.319 e. The molecule has 1 aromatic carbocycles. The molecule has 0 aliphatic rings. The van der Waals surface area contributed by atoms with E-state index in [1.165, 1.54) is 0 Å². The van der Waals surface area contributed by atoms with Crippen molar-refractivity contribution in [2.45, 2.75) is 33.4 Å². The molecule has 0 unspecified atom stereocenters. The van der Waals surface area contributed by atoms with Crippen LogP contribution in [0.2, 0.25) is 0 Å². The topological polar surface area (TPSA) is 77.5 Å². The molecule has 0 radical (unpaired) electrons. The van der Waals surface area contributed by atoms with E-state index in [2.05, 4.69) is 39.4 Å². The molecule has 0 spiro atoms. The quantitative estimate of drug-likeness (QED) is 0.200. The molecule has 0 aliphatic heterocycles. The van der Waals surface area contributed by atoms with Gasteiger partial charge in [-0.3, -0.25) is 0 Å². The summed E-state index contributed by atoms with van der Waals surface area (Å²) in [6.45, 7) is 8.22. The van der Waals surface area contributed by atoms with Gasteiger partial charge in [0.25, 0.3) is 0 Å². The number of thioether (sulfide) groups is 1. The van der Waals surface area contributed by atoms with Gasteiger partial charge in [-0.1, -0.05) is 12.1 Å². The fraction of sp³-hybridized carbons (Fsp3) is 0.529. The molecule has 1 aromatic rings. The van der Waals surface area contributed by atoms with Gasteiger partial charge in [-0.2, -0.15) is 11.8 Å². The van der Waals surface area contributed by atoms with Crippen LogP contribution in [-0.2, 0) is 6.54 Å². The zero-order valence-corrected chi connectivity index (χ0v) is 18.5. The molecule has 142 valence electrons. The van der Waals surface area contributed by atoms with Gasteiger partial charge in [0.15, 0.2) is 5.96 Å². The third-order valence-electron chi connectivity index (χ3n) is 2.99. The van der Waals surface area contributed by atoms with E-state index in [1.54, 1.807) is 11.8 Å². The molecule has 0 saturated heterocycles. The first-order chi connectivity index (χ1) is 11.5. The summed E-state index contributed by atoms with van der Waals surface area (Å²) < 4.78 is 0. The Hall–Kier alpha value is -1.16. The fourth-order valence-corrected chi connectivity index (χ4v) is 2.21. The molecule has 2 amide bonds. The summed E-state index contributed by atoms with van der Waals surface area (Å²) >= 11 is 1.80. The monoisotopic (exact) mass is 479 g/mol. The number of nitrogens with one attached hydrogen (secondary N) is 4. The molecule has 0 aromatic heterocycles. The highest BCUT2D eigenvalue weighted by atomic mass is 127. The van der Waals surface area contributed by atoms with Crippen LogP contribution in [0.15, 0.2) is 29.3 Å². The van der Waals surface area contributed by atoms with Gasteiger partial charge in [-0.15, -0.1) is 24.0 Å². The summed E-state index contributed by atoms with van der Waals surface area (Å²) in [5, 5.41) is 12.1.